The summed E-state index contributed by atoms with van der Waals surface area (Å²) in [5.74, 6) is 0.185. The number of rotatable bonds is 4. The summed E-state index contributed by atoms with van der Waals surface area (Å²) in [6.45, 7) is 1.16. The minimum Gasteiger partial charge on any atom is -0.472 e. The molecule has 0 unspecified atom stereocenters. The van der Waals surface area contributed by atoms with E-state index in [4.69, 9.17) is 4.42 Å². The molecule has 0 aliphatic carbocycles. The van der Waals surface area contributed by atoms with Crippen LogP contribution in [-0.4, -0.2) is 44.2 Å². The molecule has 0 aromatic carbocycles. The molecule has 0 atom stereocenters. The van der Waals surface area contributed by atoms with Crippen LogP contribution in [0.25, 0.3) is 4.96 Å². The highest BCUT2D eigenvalue weighted by atomic mass is 32.1. The van der Waals surface area contributed by atoms with Crippen molar-refractivity contribution in [3.63, 3.8) is 0 Å². The van der Waals surface area contributed by atoms with Gasteiger partial charge in [0.2, 0.25) is 5.82 Å². The predicted molar refractivity (Wildman–Crippen MR) is 91.0 cm³/mol. The molecule has 0 saturated carbocycles. The molecule has 0 radical (unpaired) electrons. The van der Waals surface area contributed by atoms with Crippen LogP contribution in [0.2, 0.25) is 0 Å². The molecule has 1 aliphatic rings. The van der Waals surface area contributed by atoms with Crippen LogP contribution in [0.4, 0.5) is 11.6 Å². The zero-order valence-corrected chi connectivity index (χ0v) is 13.9. The van der Waals surface area contributed by atoms with Gasteiger partial charge in [0.05, 0.1) is 11.8 Å². The van der Waals surface area contributed by atoms with E-state index in [1.54, 1.807) is 22.5 Å². The van der Waals surface area contributed by atoms with Crippen LogP contribution in [0.5, 0.6) is 0 Å². The second-order valence-electron chi connectivity index (χ2n) is 5.82. The van der Waals surface area contributed by atoms with Gasteiger partial charge in [0, 0.05) is 24.5 Å². The number of amides is 1. The number of nitrogens with one attached hydrogen (secondary N) is 1. The average Bonchev–Trinajstić information content (AvgIpc) is 3.31. The summed E-state index contributed by atoms with van der Waals surface area (Å²) in [4.78, 5) is 29.9. The summed E-state index contributed by atoms with van der Waals surface area (Å²) in [5, 5.41) is 16.3. The molecule has 1 fully saturated rings. The number of hydrogen-bond acceptors (Lipinski definition) is 7. The first-order valence-corrected chi connectivity index (χ1v) is 8.69. The van der Waals surface area contributed by atoms with E-state index in [1.807, 2.05) is 0 Å². The van der Waals surface area contributed by atoms with Crippen molar-refractivity contribution in [2.45, 2.75) is 18.9 Å². The Bertz CT molecular complexity index is 908. The van der Waals surface area contributed by atoms with E-state index < -0.39 is 4.92 Å². The Morgan fingerprint density at radius 1 is 1.44 bits per heavy atom. The fourth-order valence-electron chi connectivity index (χ4n) is 3.03. The first kappa shape index (κ1) is 15.6. The molecule has 4 heterocycles. The van der Waals surface area contributed by atoms with E-state index in [-0.39, 0.29) is 23.6 Å². The number of imidazole rings is 1. The molecule has 1 N–H and O–H groups in total. The summed E-state index contributed by atoms with van der Waals surface area (Å²) in [7, 11) is 0. The monoisotopic (exact) mass is 361 g/mol. The van der Waals surface area contributed by atoms with Crippen LogP contribution in [0.15, 0.2) is 34.6 Å². The number of furan rings is 1. The van der Waals surface area contributed by atoms with Crippen molar-refractivity contribution in [3.8, 4) is 0 Å². The van der Waals surface area contributed by atoms with Gasteiger partial charge in [-0.2, -0.15) is 9.38 Å². The Balaban J connectivity index is 1.44. The van der Waals surface area contributed by atoms with E-state index in [2.05, 4.69) is 10.3 Å². The van der Waals surface area contributed by atoms with Gasteiger partial charge in [-0.1, -0.05) is 11.3 Å². The fourth-order valence-corrected chi connectivity index (χ4v) is 3.74. The Labute approximate surface area is 146 Å². The van der Waals surface area contributed by atoms with Gasteiger partial charge >= 0.3 is 5.82 Å². The normalized spacial score (nSPS) is 15.6. The third-order valence-electron chi connectivity index (χ3n) is 4.30. The highest BCUT2D eigenvalue weighted by Gasteiger charge is 2.28. The maximum Gasteiger partial charge on any atom is 0.372 e. The molecule has 3 aromatic heterocycles. The van der Waals surface area contributed by atoms with E-state index in [9.17, 15) is 14.9 Å². The van der Waals surface area contributed by atoms with Crippen molar-refractivity contribution in [3.05, 3.63) is 45.8 Å². The zero-order valence-electron chi connectivity index (χ0n) is 13.1. The second kappa shape index (κ2) is 6.20. The predicted octanol–water partition coefficient (Wildman–Crippen LogP) is 2.61. The van der Waals surface area contributed by atoms with Gasteiger partial charge in [0.15, 0.2) is 0 Å². The van der Waals surface area contributed by atoms with Gasteiger partial charge in [0.1, 0.15) is 12.5 Å². The Kier molecular flexibility index (Phi) is 3.88. The van der Waals surface area contributed by atoms with Crippen LogP contribution >= 0.6 is 11.3 Å². The molecule has 1 amide bonds. The number of piperidine rings is 1. The van der Waals surface area contributed by atoms with E-state index in [1.165, 1.54) is 28.3 Å². The van der Waals surface area contributed by atoms with Crippen molar-refractivity contribution in [2.75, 3.05) is 18.4 Å². The van der Waals surface area contributed by atoms with E-state index in [0.29, 0.717) is 36.5 Å². The van der Waals surface area contributed by atoms with Crippen LogP contribution in [0.1, 0.15) is 23.2 Å². The number of aromatic nitrogens is 2. The lowest BCUT2D eigenvalue weighted by Gasteiger charge is -2.32. The zero-order chi connectivity index (χ0) is 17.4. The number of fused-ring (bicyclic) bond motifs is 1. The molecular formula is C15H15N5O4S. The standard InChI is InChI=1S/C15H15N5O4S/c21-14(10-3-7-24-9-10)18-4-1-11(2-5-18)16-12-13(20(22)23)19-6-8-25-15(19)17-12/h3,6-9,11,16H,1-2,4-5H2. The third-order valence-corrected chi connectivity index (χ3v) is 5.06. The third kappa shape index (κ3) is 2.84. The minimum atomic E-state index is -0.424. The van der Waals surface area contributed by atoms with Crippen LogP contribution in [0, 0.1) is 10.1 Å². The summed E-state index contributed by atoms with van der Waals surface area (Å²) in [5.41, 5.74) is 0.538. The summed E-state index contributed by atoms with van der Waals surface area (Å²) < 4.78 is 6.43. The molecule has 25 heavy (non-hydrogen) atoms. The molecule has 9 nitrogen and oxygen atoms in total. The second-order valence-corrected chi connectivity index (χ2v) is 6.69. The van der Waals surface area contributed by atoms with Crippen molar-refractivity contribution < 1.29 is 14.1 Å². The molecule has 0 spiro atoms. The summed E-state index contributed by atoms with van der Waals surface area (Å²) in [6.07, 6.45) is 5.96. The van der Waals surface area contributed by atoms with Gasteiger partial charge in [-0.3, -0.25) is 4.79 Å². The number of thiazole rings is 1. The number of hydrogen-bond donors (Lipinski definition) is 1. The van der Waals surface area contributed by atoms with Crippen molar-refractivity contribution >= 4 is 33.8 Å². The van der Waals surface area contributed by atoms with Crippen molar-refractivity contribution in [2.24, 2.45) is 0 Å². The lowest BCUT2D eigenvalue weighted by Crippen LogP contribution is -2.42. The minimum absolute atomic E-state index is 0.0386. The van der Waals surface area contributed by atoms with Gasteiger partial charge in [-0.25, -0.2) is 0 Å². The summed E-state index contributed by atoms with van der Waals surface area (Å²) in [6, 6.07) is 1.69. The van der Waals surface area contributed by atoms with Gasteiger partial charge in [0.25, 0.3) is 10.9 Å². The number of nitro groups is 1. The maximum atomic E-state index is 12.3. The molecule has 130 valence electrons. The quantitative estimate of drug-likeness (QED) is 0.565. The lowest BCUT2D eigenvalue weighted by molar-refractivity contribution is -0.389. The number of carbonyl (C=O) groups excluding carboxylic acids is 1. The smallest absolute Gasteiger partial charge is 0.372 e. The largest absolute Gasteiger partial charge is 0.472 e. The average molecular weight is 361 g/mol. The highest BCUT2D eigenvalue weighted by Crippen LogP contribution is 2.29. The van der Waals surface area contributed by atoms with Crippen LogP contribution < -0.4 is 5.32 Å². The topological polar surface area (TPSA) is 106 Å². The summed E-state index contributed by atoms with van der Waals surface area (Å²) >= 11 is 1.35. The van der Waals surface area contributed by atoms with Gasteiger partial charge in [-0.05, 0) is 23.8 Å². The number of nitrogens with zero attached hydrogens (tertiary/aromatic N) is 4. The van der Waals surface area contributed by atoms with Gasteiger partial charge < -0.3 is 24.7 Å². The molecule has 1 aliphatic heterocycles. The highest BCUT2D eigenvalue weighted by molar-refractivity contribution is 7.15. The number of anilines is 1. The lowest BCUT2D eigenvalue weighted by atomic mass is 10.0. The first-order chi connectivity index (χ1) is 12.1. The number of likely N-dealkylation sites (tertiary alicyclic amines) is 1. The molecule has 1 saturated heterocycles. The molecule has 10 heteroatoms. The molecule has 0 bridgehead atoms. The van der Waals surface area contributed by atoms with Crippen molar-refractivity contribution in [1.29, 1.82) is 0 Å². The number of carbonyl (C=O) groups is 1. The first-order valence-electron chi connectivity index (χ1n) is 7.81. The maximum absolute atomic E-state index is 12.3. The molecule has 4 rings (SSSR count). The van der Waals surface area contributed by atoms with E-state index >= 15 is 0 Å². The van der Waals surface area contributed by atoms with Crippen LogP contribution in [-0.2, 0) is 0 Å². The van der Waals surface area contributed by atoms with Crippen molar-refractivity contribution in [1.82, 2.24) is 14.3 Å². The Morgan fingerprint density at radius 2 is 2.24 bits per heavy atom. The fraction of sp³-hybridized carbons (Fsp3) is 0.333. The molecular weight excluding hydrogens is 346 g/mol. The van der Waals surface area contributed by atoms with Crippen LogP contribution in [0.3, 0.4) is 0 Å². The Morgan fingerprint density at radius 3 is 2.92 bits per heavy atom. The molecule has 3 aromatic rings. The van der Waals surface area contributed by atoms with E-state index in [0.717, 1.165) is 0 Å². The Hall–Kier alpha value is -2.88. The van der Waals surface area contributed by atoms with Gasteiger partial charge in [-0.15, -0.1) is 0 Å². The SMILES string of the molecule is O=C(c1ccoc1)N1CCC(Nc2nc3sccn3c2[N+](=O)[O-])CC1.